The number of aliphatic hydroxyl groups excluding tert-OH is 1. The van der Waals surface area contributed by atoms with Crippen LogP contribution < -0.4 is 0 Å². The average Bonchev–Trinajstić information content (AvgIpc) is 2.99. The third-order valence-electron chi connectivity index (χ3n) is 3.29. The van der Waals surface area contributed by atoms with Crippen LogP contribution in [-0.2, 0) is 16.0 Å². The van der Waals surface area contributed by atoms with Gasteiger partial charge in [-0.3, -0.25) is 0 Å². The van der Waals surface area contributed by atoms with Crippen LogP contribution in [0.25, 0.3) is 16.7 Å². The summed E-state index contributed by atoms with van der Waals surface area (Å²) in [6, 6.07) is 15.3. The summed E-state index contributed by atoms with van der Waals surface area (Å²) in [5, 5.41) is 17.8. The third-order valence-corrected chi connectivity index (χ3v) is 3.29. The van der Waals surface area contributed by atoms with Crippen molar-refractivity contribution >= 4 is 17.0 Å². The molecule has 1 N–H and O–H groups in total. The first-order valence-electron chi connectivity index (χ1n) is 7.10. The number of aromatic nitrogens is 3. The highest BCUT2D eigenvalue weighted by atomic mass is 16.5. The maximum absolute atomic E-state index is 11.1. The molecule has 3 aromatic rings. The van der Waals surface area contributed by atoms with E-state index in [9.17, 15) is 4.79 Å². The van der Waals surface area contributed by atoms with Crippen LogP contribution in [0.5, 0.6) is 0 Å². The van der Waals surface area contributed by atoms with Crippen LogP contribution in [0.4, 0.5) is 0 Å². The predicted octanol–water partition coefficient (Wildman–Crippen LogP) is 2.58. The lowest BCUT2D eigenvalue weighted by Gasteiger charge is -2.05. The number of esters is 1. The molecule has 0 aliphatic rings. The Labute approximate surface area is 132 Å². The minimum atomic E-state index is -0.804. The second-order valence-electron chi connectivity index (χ2n) is 4.98. The lowest BCUT2D eigenvalue weighted by molar-refractivity contribution is -0.141. The third kappa shape index (κ3) is 3.37. The molecule has 116 valence electrons. The Morgan fingerprint density at radius 3 is 2.48 bits per heavy atom. The maximum atomic E-state index is 11.1. The summed E-state index contributed by atoms with van der Waals surface area (Å²) < 4.78 is 4.87. The molecule has 2 aromatic carbocycles. The predicted molar refractivity (Wildman–Crippen MR) is 85.3 cm³/mol. The summed E-state index contributed by atoms with van der Waals surface area (Å²) in [4.78, 5) is 12.7. The van der Waals surface area contributed by atoms with Crippen molar-refractivity contribution in [2.24, 2.45) is 0 Å². The monoisotopic (exact) mass is 309 g/mol. The van der Waals surface area contributed by atoms with E-state index in [2.05, 4.69) is 16.8 Å². The van der Waals surface area contributed by atoms with Gasteiger partial charge in [-0.15, -0.1) is 10.2 Å². The molecule has 1 heterocycles. The second-order valence-corrected chi connectivity index (χ2v) is 4.98. The Bertz CT molecular complexity index is 837. The number of carbonyl (C=O) groups is 1. The molecule has 0 bridgehead atoms. The van der Waals surface area contributed by atoms with Gasteiger partial charge in [0.1, 0.15) is 11.0 Å². The van der Waals surface area contributed by atoms with Crippen LogP contribution in [0.15, 0.2) is 60.9 Å². The Hall–Kier alpha value is -3.15. The standard InChI is InChI=1S/C17H15N3O3/c1-12(21)17(22)23-10-9-13-5-4-6-14(11-13)20-18-15-7-2-3-8-16(15)19-20/h2-8,11,21H,1,9-10H2. The van der Waals surface area contributed by atoms with E-state index < -0.39 is 11.7 Å². The van der Waals surface area contributed by atoms with E-state index in [4.69, 9.17) is 9.84 Å². The summed E-state index contributed by atoms with van der Waals surface area (Å²) in [5.41, 5.74) is 3.46. The summed E-state index contributed by atoms with van der Waals surface area (Å²) in [6.45, 7) is 3.28. The normalized spacial score (nSPS) is 10.6. The number of benzene rings is 2. The van der Waals surface area contributed by atoms with Gasteiger partial charge in [0.05, 0.1) is 12.3 Å². The zero-order chi connectivity index (χ0) is 16.2. The van der Waals surface area contributed by atoms with Crippen molar-refractivity contribution in [2.45, 2.75) is 6.42 Å². The van der Waals surface area contributed by atoms with E-state index in [0.29, 0.717) is 6.42 Å². The van der Waals surface area contributed by atoms with Crippen molar-refractivity contribution in [1.82, 2.24) is 15.0 Å². The number of rotatable bonds is 5. The van der Waals surface area contributed by atoms with Crippen LogP contribution in [-0.4, -0.2) is 32.7 Å². The van der Waals surface area contributed by atoms with Gasteiger partial charge in [0.15, 0.2) is 5.76 Å². The first-order chi connectivity index (χ1) is 11.1. The SMILES string of the molecule is C=C(O)C(=O)OCCc1cccc(-n2nc3ccccc3n2)c1. The van der Waals surface area contributed by atoms with E-state index >= 15 is 0 Å². The van der Waals surface area contributed by atoms with E-state index in [1.165, 1.54) is 0 Å². The smallest absolute Gasteiger partial charge is 0.372 e. The van der Waals surface area contributed by atoms with Gasteiger partial charge in [-0.1, -0.05) is 24.3 Å². The number of aliphatic hydroxyl groups is 1. The molecular weight excluding hydrogens is 294 g/mol. The Balaban J connectivity index is 1.74. The molecule has 0 atom stereocenters. The lowest BCUT2D eigenvalue weighted by Crippen LogP contribution is -2.09. The minimum absolute atomic E-state index is 0.163. The summed E-state index contributed by atoms with van der Waals surface area (Å²) >= 11 is 0. The fraction of sp³-hybridized carbons (Fsp3) is 0.118. The van der Waals surface area contributed by atoms with E-state index in [0.717, 1.165) is 22.3 Å². The van der Waals surface area contributed by atoms with Crippen molar-refractivity contribution in [3.8, 4) is 5.69 Å². The van der Waals surface area contributed by atoms with E-state index in [-0.39, 0.29) is 6.61 Å². The van der Waals surface area contributed by atoms with Gasteiger partial charge in [0, 0.05) is 6.42 Å². The lowest BCUT2D eigenvalue weighted by atomic mass is 10.1. The first kappa shape index (κ1) is 14.8. The molecule has 3 rings (SSSR count). The Morgan fingerprint density at radius 2 is 1.83 bits per heavy atom. The van der Waals surface area contributed by atoms with Gasteiger partial charge < -0.3 is 9.84 Å². The zero-order valence-corrected chi connectivity index (χ0v) is 12.3. The number of nitrogens with zero attached hydrogens (tertiary/aromatic N) is 3. The molecule has 0 saturated carbocycles. The first-order valence-corrected chi connectivity index (χ1v) is 7.10. The molecule has 6 nitrogen and oxygen atoms in total. The molecular formula is C17H15N3O3. The van der Waals surface area contributed by atoms with Crippen LogP contribution in [0, 0.1) is 0 Å². The van der Waals surface area contributed by atoms with Crippen LogP contribution in [0.1, 0.15) is 5.56 Å². The maximum Gasteiger partial charge on any atom is 0.372 e. The Morgan fingerprint density at radius 1 is 1.13 bits per heavy atom. The number of hydrogen-bond donors (Lipinski definition) is 1. The molecule has 0 amide bonds. The Kier molecular flexibility index (Phi) is 4.05. The highest BCUT2D eigenvalue weighted by Crippen LogP contribution is 2.13. The molecule has 0 aliphatic heterocycles. The van der Waals surface area contributed by atoms with Gasteiger partial charge in [0.2, 0.25) is 0 Å². The molecule has 0 spiro atoms. The van der Waals surface area contributed by atoms with Gasteiger partial charge in [-0.05, 0) is 36.4 Å². The quantitative estimate of drug-likeness (QED) is 0.445. The van der Waals surface area contributed by atoms with Crippen LogP contribution >= 0.6 is 0 Å². The molecule has 0 radical (unpaired) electrons. The van der Waals surface area contributed by atoms with Crippen molar-refractivity contribution < 1.29 is 14.6 Å². The largest absolute Gasteiger partial charge is 0.502 e. The highest BCUT2D eigenvalue weighted by molar-refractivity contribution is 5.84. The molecule has 0 fully saturated rings. The second kappa shape index (κ2) is 6.31. The van der Waals surface area contributed by atoms with E-state index in [1.807, 2.05) is 48.5 Å². The number of carbonyl (C=O) groups excluding carboxylic acids is 1. The van der Waals surface area contributed by atoms with Crippen molar-refractivity contribution in [3.05, 3.63) is 66.4 Å². The molecule has 6 heteroatoms. The fourth-order valence-electron chi connectivity index (χ4n) is 2.16. The molecule has 23 heavy (non-hydrogen) atoms. The van der Waals surface area contributed by atoms with Gasteiger partial charge in [0.25, 0.3) is 0 Å². The van der Waals surface area contributed by atoms with Crippen LogP contribution in [0.2, 0.25) is 0 Å². The molecule has 0 saturated heterocycles. The van der Waals surface area contributed by atoms with Crippen molar-refractivity contribution in [1.29, 1.82) is 0 Å². The van der Waals surface area contributed by atoms with Crippen molar-refractivity contribution in [3.63, 3.8) is 0 Å². The summed E-state index contributed by atoms with van der Waals surface area (Å²) in [7, 11) is 0. The zero-order valence-electron chi connectivity index (χ0n) is 12.3. The molecule has 0 unspecified atom stereocenters. The topological polar surface area (TPSA) is 77.2 Å². The van der Waals surface area contributed by atoms with Crippen molar-refractivity contribution in [2.75, 3.05) is 6.61 Å². The van der Waals surface area contributed by atoms with E-state index in [1.54, 1.807) is 4.80 Å². The highest BCUT2D eigenvalue weighted by Gasteiger charge is 2.07. The molecule has 1 aromatic heterocycles. The molecule has 0 aliphatic carbocycles. The number of fused-ring (bicyclic) bond motifs is 1. The average molecular weight is 309 g/mol. The number of hydrogen-bond acceptors (Lipinski definition) is 5. The number of ether oxygens (including phenoxy) is 1. The summed E-state index contributed by atoms with van der Waals surface area (Å²) in [6.07, 6.45) is 0.521. The van der Waals surface area contributed by atoms with Gasteiger partial charge >= 0.3 is 5.97 Å². The minimum Gasteiger partial charge on any atom is -0.502 e. The van der Waals surface area contributed by atoms with Gasteiger partial charge in [-0.2, -0.15) is 4.80 Å². The van der Waals surface area contributed by atoms with Gasteiger partial charge in [-0.25, -0.2) is 4.79 Å². The fourth-order valence-corrected chi connectivity index (χ4v) is 2.16. The van der Waals surface area contributed by atoms with Crippen LogP contribution in [0.3, 0.4) is 0 Å². The summed E-state index contributed by atoms with van der Waals surface area (Å²) in [5.74, 6) is -1.40.